The summed E-state index contributed by atoms with van der Waals surface area (Å²) in [5.41, 5.74) is 7.43. The molecule has 0 atom stereocenters. The van der Waals surface area contributed by atoms with Crippen LogP contribution in [0.3, 0.4) is 0 Å². The van der Waals surface area contributed by atoms with E-state index in [1.165, 1.54) is 7.11 Å². The van der Waals surface area contributed by atoms with Gasteiger partial charge in [-0.3, -0.25) is 20.4 Å². The molecule has 148 valence electrons. The molecule has 2 aromatic carbocycles. The van der Waals surface area contributed by atoms with E-state index in [-0.39, 0.29) is 18.4 Å². The van der Waals surface area contributed by atoms with E-state index in [9.17, 15) is 9.59 Å². The van der Waals surface area contributed by atoms with Gasteiger partial charge in [0.2, 0.25) is 5.91 Å². The largest absolute Gasteiger partial charge is 0.497 e. The number of methoxy groups -OCH3 is 2. The van der Waals surface area contributed by atoms with Crippen LogP contribution < -0.4 is 25.6 Å². The van der Waals surface area contributed by atoms with E-state index in [0.717, 1.165) is 5.56 Å². The number of carbonyl (C=O) groups excluding carboxylic acids is 2. The Morgan fingerprint density at radius 2 is 1.71 bits per heavy atom. The second kappa shape index (κ2) is 10.6. The highest BCUT2D eigenvalue weighted by atomic mass is 16.5. The van der Waals surface area contributed by atoms with Crippen LogP contribution in [0.5, 0.6) is 11.5 Å². The summed E-state index contributed by atoms with van der Waals surface area (Å²) in [5, 5.41) is 2.59. The van der Waals surface area contributed by atoms with E-state index in [4.69, 9.17) is 9.47 Å². The van der Waals surface area contributed by atoms with Crippen LogP contribution >= 0.6 is 0 Å². The van der Waals surface area contributed by atoms with Crippen molar-refractivity contribution in [2.75, 3.05) is 20.8 Å². The fourth-order valence-corrected chi connectivity index (χ4v) is 2.47. The molecule has 2 amide bonds. The van der Waals surface area contributed by atoms with Crippen molar-refractivity contribution < 1.29 is 19.1 Å². The topological polar surface area (TPSA) is 88.7 Å². The summed E-state index contributed by atoms with van der Waals surface area (Å²) in [6.45, 7) is 3.75. The minimum atomic E-state index is -0.387. The van der Waals surface area contributed by atoms with Gasteiger partial charge in [0.1, 0.15) is 11.5 Å². The fraction of sp³-hybridized carbons (Fsp3) is 0.238. The lowest BCUT2D eigenvalue weighted by Gasteiger charge is -2.15. The molecule has 0 fully saturated rings. The molecule has 2 rings (SSSR count). The Morgan fingerprint density at radius 3 is 2.39 bits per heavy atom. The highest BCUT2D eigenvalue weighted by molar-refractivity contribution is 5.85. The highest BCUT2D eigenvalue weighted by Gasteiger charge is 2.10. The SMILES string of the molecule is C=C(NNC(=O)CNC(=O)CCc1ccccc1)c1ccc(OC)cc1OC. The number of aryl methyl sites for hydroxylation is 1. The van der Waals surface area contributed by atoms with Gasteiger partial charge in [-0.05, 0) is 24.1 Å². The number of benzene rings is 2. The first-order chi connectivity index (χ1) is 13.5. The monoisotopic (exact) mass is 383 g/mol. The number of amides is 2. The maximum Gasteiger partial charge on any atom is 0.257 e. The molecule has 2 aromatic rings. The van der Waals surface area contributed by atoms with Crippen LogP contribution in [0, 0.1) is 0 Å². The maximum absolute atomic E-state index is 11.9. The summed E-state index contributed by atoms with van der Waals surface area (Å²) >= 11 is 0. The Morgan fingerprint density at radius 1 is 0.964 bits per heavy atom. The Balaban J connectivity index is 1.74. The summed E-state index contributed by atoms with van der Waals surface area (Å²) in [6, 6.07) is 15.0. The lowest BCUT2D eigenvalue weighted by Crippen LogP contribution is -2.42. The molecular weight excluding hydrogens is 358 g/mol. The average Bonchev–Trinajstić information content (AvgIpc) is 2.74. The summed E-state index contributed by atoms with van der Waals surface area (Å²) in [6.07, 6.45) is 0.946. The summed E-state index contributed by atoms with van der Waals surface area (Å²) < 4.78 is 10.5. The van der Waals surface area contributed by atoms with Gasteiger partial charge in [0.15, 0.2) is 0 Å². The summed E-state index contributed by atoms with van der Waals surface area (Å²) in [7, 11) is 3.10. The minimum Gasteiger partial charge on any atom is -0.497 e. The highest BCUT2D eigenvalue weighted by Crippen LogP contribution is 2.27. The van der Waals surface area contributed by atoms with Crippen LogP contribution in [0.25, 0.3) is 5.70 Å². The maximum atomic E-state index is 11.9. The van der Waals surface area contributed by atoms with Crippen molar-refractivity contribution in [3.8, 4) is 11.5 Å². The summed E-state index contributed by atoms with van der Waals surface area (Å²) in [4.78, 5) is 23.8. The van der Waals surface area contributed by atoms with Gasteiger partial charge in [-0.15, -0.1) is 0 Å². The van der Waals surface area contributed by atoms with Crippen LogP contribution in [0.2, 0.25) is 0 Å². The van der Waals surface area contributed by atoms with Crippen LogP contribution in [0.1, 0.15) is 17.5 Å². The fourth-order valence-electron chi connectivity index (χ4n) is 2.47. The number of carbonyl (C=O) groups is 2. The number of nitrogens with one attached hydrogen (secondary N) is 3. The third-order valence-corrected chi connectivity index (χ3v) is 4.02. The van der Waals surface area contributed by atoms with Gasteiger partial charge in [0.05, 0.1) is 26.5 Å². The number of rotatable bonds is 10. The van der Waals surface area contributed by atoms with Gasteiger partial charge in [-0.2, -0.15) is 0 Å². The molecule has 0 bridgehead atoms. The molecule has 0 spiro atoms. The molecule has 0 aliphatic rings. The molecule has 0 heterocycles. The van der Waals surface area contributed by atoms with Gasteiger partial charge in [-0.25, -0.2) is 0 Å². The van der Waals surface area contributed by atoms with Crippen molar-refractivity contribution in [2.24, 2.45) is 0 Å². The number of hydrazine groups is 1. The molecule has 7 heteroatoms. The smallest absolute Gasteiger partial charge is 0.257 e. The zero-order valence-electron chi connectivity index (χ0n) is 16.1. The third kappa shape index (κ3) is 6.35. The van der Waals surface area contributed by atoms with E-state index in [0.29, 0.717) is 35.6 Å². The Labute approximate surface area is 164 Å². The first-order valence-electron chi connectivity index (χ1n) is 8.80. The molecule has 0 saturated heterocycles. The van der Waals surface area contributed by atoms with Crippen LogP contribution in [0.4, 0.5) is 0 Å². The predicted octanol–water partition coefficient (Wildman–Crippen LogP) is 2.04. The van der Waals surface area contributed by atoms with Crippen molar-refractivity contribution in [3.63, 3.8) is 0 Å². The first kappa shape index (κ1) is 20.8. The number of ether oxygens (including phenoxy) is 2. The number of hydrogen-bond donors (Lipinski definition) is 3. The van der Waals surface area contributed by atoms with Gasteiger partial charge in [-0.1, -0.05) is 36.9 Å². The Hall–Kier alpha value is -3.48. The van der Waals surface area contributed by atoms with Gasteiger partial charge in [0, 0.05) is 18.1 Å². The van der Waals surface area contributed by atoms with Gasteiger partial charge >= 0.3 is 0 Å². The molecule has 7 nitrogen and oxygen atoms in total. The van der Waals surface area contributed by atoms with Crippen molar-refractivity contribution in [3.05, 3.63) is 66.2 Å². The van der Waals surface area contributed by atoms with Gasteiger partial charge < -0.3 is 14.8 Å². The molecule has 28 heavy (non-hydrogen) atoms. The third-order valence-electron chi connectivity index (χ3n) is 4.02. The molecule has 0 aromatic heterocycles. The van der Waals surface area contributed by atoms with E-state index >= 15 is 0 Å². The molecule has 0 saturated carbocycles. The minimum absolute atomic E-state index is 0.131. The van der Waals surface area contributed by atoms with E-state index in [1.54, 1.807) is 25.3 Å². The van der Waals surface area contributed by atoms with Crippen molar-refractivity contribution in [2.45, 2.75) is 12.8 Å². The van der Waals surface area contributed by atoms with E-state index in [1.807, 2.05) is 30.3 Å². The van der Waals surface area contributed by atoms with Crippen molar-refractivity contribution in [1.29, 1.82) is 0 Å². The molecular formula is C21H25N3O4. The summed E-state index contributed by atoms with van der Waals surface area (Å²) in [5.74, 6) is 0.632. The lowest BCUT2D eigenvalue weighted by molar-refractivity contribution is -0.126. The molecule has 0 unspecified atom stereocenters. The quantitative estimate of drug-likeness (QED) is 0.547. The van der Waals surface area contributed by atoms with Crippen molar-refractivity contribution in [1.82, 2.24) is 16.2 Å². The molecule has 0 aliphatic heterocycles. The predicted molar refractivity (Wildman–Crippen MR) is 108 cm³/mol. The second-order valence-electron chi connectivity index (χ2n) is 5.98. The molecule has 0 radical (unpaired) electrons. The normalized spacial score (nSPS) is 9.93. The van der Waals surface area contributed by atoms with E-state index < -0.39 is 0 Å². The average molecular weight is 383 g/mol. The Bertz CT molecular complexity index is 822. The van der Waals surface area contributed by atoms with Crippen LogP contribution in [-0.4, -0.2) is 32.6 Å². The molecule has 0 aliphatic carbocycles. The zero-order chi connectivity index (χ0) is 20.4. The van der Waals surface area contributed by atoms with Crippen molar-refractivity contribution >= 4 is 17.5 Å². The first-order valence-corrected chi connectivity index (χ1v) is 8.80. The van der Waals surface area contributed by atoms with E-state index in [2.05, 4.69) is 22.7 Å². The lowest BCUT2D eigenvalue weighted by atomic mass is 10.1. The zero-order valence-corrected chi connectivity index (χ0v) is 16.1. The van der Waals surface area contributed by atoms with Crippen LogP contribution in [0.15, 0.2) is 55.1 Å². The molecule has 3 N–H and O–H groups in total. The van der Waals surface area contributed by atoms with Crippen LogP contribution in [-0.2, 0) is 16.0 Å². The Kier molecular flexibility index (Phi) is 7.90. The second-order valence-corrected chi connectivity index (χ2v) is 5.98. The standard InChI is InChI=1S/C21H25N3O4/c1-15(18-11-10-17(27-2)13-19(18)28-3)23-24-21(26)14-22-20(25)12-9-16-7-5-4-6-8-16/h4-8,10-11,13,23H,1,9,12,14H2,2-3H3,(H,22,25)(H,24,26). The number of hydrogen-bond acceptors (Lipinski definition) is 5. The van der Waals surface area contributed by atoms with Gasteiger partial charge in [0.25, 0.3) is 5.91 Å².